The minimum absolute atomic E-state index is 0.0293. The summed E-state index contributed by atoms with van der Waals surface area (Å²) in [5.74, 6) is -1.19. The highest BCUT2D eigenvalue weighted by molar-refractivity contribution is 5.71. The number of aliphatic hydroxyl groups excluding tert-OH is 2. The second kappa shape index (κ2) is 13.3. The molecule has 4 atom stereocenters. The topological polar surface area (TPSA) is 105 Å². The van der Waals surface area contributed by atoms with Crippen molar-refractivity contribution >= 4 is 5.97 Å². The van der Waals surface area contributed by atoms with Crippen molar-refractivity contribution in [3.05, 3.63) is 0 Å². The van der Waals surface area contributed by atoms with Gasteiger partial charge in [0.2, 0.25) is 0 Å². The van der Waals surface area contributed by atoms with Crippen LogP contribution in [0.4, 0.5) is 0 Å². The molecule has 0 aliphatic carbocycles. The van der Waals surface area contributed by atoms with Crippen molar-refractivity contribution in [3.8, 4) is 0 Å². The molecule has 4 unspecified atom stereocenters. The van der Waals surface area contributed by atoms with Gasteiger partial charge in [0, 0.05) is 7.11 Å². The summed E-state index contributed by atoms with van der Waals surface area (Å²) in [4.78, 5) is 9.45. The van der Waals surface area contributed by atoms with Gasteiger partial charge in [-0.05, 0) is 27.7 Å². The largest absolute Gasteiger partial charge is 0.479 e. The quantitative estimate of drug-likeness (QED) is 0.561. The number of aliphatic carboxylic acids is 1. The smallest absolute Gasteiger partial charge is 0.332 e. The summed E-state index contributed by atoms with van der Waals surface area (Å²) >= 11 is 0. The van der Waals surface area contributed by atoms with Crippen LogP contribution in [0.1, 0.15) is 27.7 Å². The lowest BCUT2D eigenvalue weighted by atomic mass is 10.4. The van der Waals surface area contributed by atoms with Crippen LogP contribution in [-0.2, 0) is 19.0 Å². The highest BCUT2D eigenvalue weighted by Gasteiger charge is 2.08. The van der Waals surface area contributed by atoms with Crippen molar-refractivity contribution < 1.29 is 34.3 Å². The highest BCUT2D eigenvalue weighted by atomic mass is 16.6. The lowest BCUT2D eigenvalue weighted by Gasteiger charge is -2.18. The number of carboxylic acid groups (broad SMARTS) is 1. The monoisotopic (exact) mass is 296 g/mol. The first-order valence-corrected chi connectivity index (χ1v) is 6.52. The molecule has 0 aliphatic rings. The van der Waals surface area contributed by atoms with E-state index in [1.165, 1.54) is 6.92 Å². The predicted octanol–water partition coefficient (Wildman–Crippen LogP) is 0.276. The third kappa shape index (κ3) is 15.3. The number of hydrogen-bond acceptors (Lipinski definition) is 6. The molecule has 0 radical (unpaired) electrons. The molecule has 7 heteroatoms. The SMILES string of the molecule is CC(O)C(=O)O.COC(C)COC(C)COC(C)CO. The van der Waals surface area contributed by atoms with Gasteiger partial charge >= 0.3 is 5.97 Å². The van der Waals surface area contributed by atoms with E-state index >= 15 is 0 Å². The van der Waals surface area contributed by atoms with Gasteiger partial charge in [-0.25, -0.2) is 4.79 Å². The lowest BCUT2D eigenvalue weighted by Crippen LogP contribution is -2.25. The molecular weight excluding hydrogens is 268 g/mol. The minimum Gasteiger partial charge on any atom is -0.479 e. The Bertz CT molecular complexity index is 219. The molecule has 3 N–H and O–H groups in total. The Balaban J connectivity index is 0. The molecule has 0 spiro atoms. The van der Waals surface area contributed by atoms with Crippen LogP contribution in [0, 0.1) is 0 Å². The van der Waals surface area contributed by atoms with Crippen molar-refractivity contribution in [3.63, 3.8) is 0 Å². The van der Waals surface area contributed by atoms with Gasteiger partial charge in [-0.15, -0.1) is 0 Å². The first-order valence-electron chi connectivity index (χ1n) is 6.52. The predicted molar refractivity (Wildman–Crippen MR) is 73.7 cm³/mol. The highest BCUT2D eigenvalue weighted by Crippen LogP contribution is 1.98. The van der Waals surface area contributed by atoms with Crippen LogP contribution < -0.4 is 0 Å². The van der Waals surface area contributed by atoms with E-state index in [1.807, 2.05) is 20.8 Å². The molecule has 0 rings (SSSR count). The van der Waals surface area contributed by atoms with E-state index in [0.29, 0.717) is 13.2 Å². The summed E-state index contributed by atoms with van der Waals surface area (Å²) in [6.45, 7) is 8.01. The summed E-state index contributed by atoms with van der Waals surface area (Å²) in [5, 5.41) is 24.5. The molecule has 7 nitrogen and oxygen atoms in total. The Morgan fingerprint density at radius 2 is 1.40 bits per heavy atom. The van der Waals surface area contributed by atoms with E-state index in [9.17, 15) is 4.79 Å². The molecule has 0 fully saturated rings. The third-order valence-corrected chi connectivity index (χ3v) is 2.25. The molecule has 0 bridgehead atoms. The molecule has 122 valence electrons. The Kier molecular flexibility index (Phi) is 14.3. The molecule has 0 aliphatic heterocycles. The lowest BCUT2D eigenvalue weighted by molar-refractivity contribution is -0.145. The van der Waals surface area contributed by atoms with Gasteiger partial charge in [0.25, 0.3) is 0 Å². The van der Waals surface area contributed by atoms with Crippen LogP contribution in [0.2, 0.25) is 0 Å². The van der Waals surface area contributed by atoms with Crippen molar-refractivity contribution in [2.45, 2.75) is 52.1 Å². The van der Waals surface area contributed by atoms with E-state index < -0.39 is 12.1 Å². The molecule has 0 amide bonds. The Hall–Kier alpha value is -0.730. The molecule has 0 saturated carbocycles. The van der Waals surface area contributed by atoms with Gasteiger partial charge in [0.1, 0.15) is 6.10 Å². The number of carboxylic acids is 1. The van der Waals surface area contributed by atoms with E-state index in [0.717, 1.165) is 0 Å². The molecule has 0 aromatic heterocycles. The molecular formula is C13H28O7. The number of aliphatic hydroxyl groups is 2. The van der Waals surface area contributed by atoms with E-state index in [1.54, 1.807) is 7.11 Å². The van der Waals surface area contributed by atoms with Crippen molar-refractivity contribution in [2.75, 3.05) is 26.9 Å². The van der Waals surface area contributed by atoms with Gasteiger partial charge in [0.05, 0.1) is 38.1 Å². The number of hydrogen-bond donors (Lipinski definition) is 3. The first kappa shape index (κ1) is 21.6. The molecule has 0 saturated heterocycles. The summed E-state index contributed by atoms with van der Waals surface area (Å²) in [6.07, 6.45) is -1.22. The van der Waals surface area contributed by atoms with Gasteiger partial charge in [0.15, 0.2) is 0 Å². The molecule has 0 aromatic rings. The van der Waals surface area contributed by atoms with Gasteiger partial charge < -0.3 is 29.5 Å². The number of carbonyl (C=O) groups is 1. The van der Waals surface area contributed by atoms with E-state index in [-0.39, 0.29) is 24.9 Å². The fraction of sp³-hybridized carbons (Fsp3) is 0.923. The second-order valence-electron chi connectivity index (χ2n) is 4.53. The normalized spacial score (nSPS) is 16.6. The zero-order chi connectivity index (χ0) is 16.1. The standard InChI is InChI=1S/C10H22O4.C3H6O3/c1-8(5-11)13-7-10(3)14-6-9(2)12-4;1-2(4)3(5)6/h8-11H,5-7H2,1-4H3;2,4H,1H3,(H,5,6). The Morgan fingerprint density at radius 3 is 1.75 bits per heavy atom. The summed E-state index contributed by atoms with van der Waals surface area (Å²) in [5.41, 5.74) is 0. The van der Waals surface area contributed by atoms with Crippen LogP contribution in [0.25, 0.3) is 0 Å². The first-order chi connectivity index (χ1) is 9.24. The fourth-order valence-corrected chi connectivity index (χ4v) is 0.768. The third-order valence-electron chi connectivity index (χ3n) is 2.25. The van der Waals surface area contributed by atoms with E-state index in [4.69, 9.17) is 29.5 Å². The van der Waals surface area contributed by atoms with E-state index in [2.05, 4.69) is 0 Å². The maximum Gasteiger partial charge on any atom is 0.332 e. The van der Waals surface area contributed by atoms with Gasteiger partial charge in [-0.1, -0.05) is 0 Å². The minimum atomic E-state index is -1.23. The molecule has 0 aromatic carbocycles. The van der Waals surface area contributed by atoms with Crippen LogP contribution in [-0.4, -0.2) is 72.6 Å². The van der Waals surface area contributed by atoms with Crippen molar-refractivity contribution in [1.29, 1.82) is 0 Å². The average Bonchev–Trinajstić information content (AvgIpc) is 2.42. The Labute approximate surface area is 120 Å². The second-order valence-corrected chi connectivity index (χ2v) is 4.53. The number of ether oxygens (including phenoxy) is 3. The van der Waals surface area contributed by atoms with Crippen LogP contribution in [0.5, 0.6) is 0 Å². The maximum absolute atomic E-state index is 9.45. The molecule has 20 heavy (non-hydrogen) atoms. The van der Waals surface area contributed by atoms with Crippen LogP contribution >= 0.6 is 0 Å². The zero-order valence-corrected chi connectivity index (χ0v) is 12.9. The van der Waals surface area contributed by atoms with Gasteiger partial charge in [-0.3, -0.25) is 0 Å². The van der Waals surface area contributed by atoms with Crippen molar-refractivity contribution in [2.24, 2.45) is 0 Å². The number of methoxy groups -OCH3 is 1. The fourth-order valence-electron chi connectivity index (χ4n) is 0.768. The number of rotatable bonds is 9. The van der Waals surface area contributed by atoms with Crippen LogP contribution in [0.3, 0.4) is 0 Å². The molecule has 0 heterocycles. The zero-order valence-electron chi connectivity index (χ0n) is 12.9. The summed E-state index contributed by atoms with van der Waals surface area (Å²) < 4.78 is 15.8. The Morgan fingerprint density at radius 1 is 1.00 bits per heavy atom. The van der Waals surface area contributed by atoms with Crippen molar-refractivity contribution in [1.82, 2.24) is 0 Å². The summed E-state index contributed by atoms with van der Waals surface area (Å²) in [6, 6.07) is 0. The average molecular weight is 296 g/mol. The van der Waals surface area contributed by atoms with Gasteiger partial charge in [-0.2, -0.15) is 0 Å². The maximum atomic E-state index is 9.45. The summed E-state index contributed by atoms with van der Waals surface area (Å²) in [7, 11) is 1.66. The van der Waals surface area contributed by atoms with Crippen LogP contribution in [0.15, 0.2) is 0 Å².